The highest BCUT2D eigenvalue weighted by atomic mass is 35.5. The fourth-order valence-electron chi connectivity index (χ4n) is 2.16. The molecule has 1 heterocycles. The molecule has 0 fully saturated rings. The minimum Gasteiger partial charge on any atom is -0.397 e. The van der Waals surface area contributed by atoms with Gasteiger partial charge in [-0.3, -0.25) is 0 Å². The fraction of sp³-hybridized carbons (Fsp3) is 0. The SMILES string of the molecule is Nc1ccc(-c2ccc(Cl)c(Cl)c2)nc1-c1ccc(Cl)c(Cl)c1. The molecule has 0 bridgehead atoms. The molecule has 0 amide bonds. The third-order valence-corrected chi connectivity index (χ3v) is 4.81. The highest BCUT2D eigenvalue weighted by molar-refractivity contribution is 6.42. The van der Waals surface area contributed by atoms with Crippen molar-refractivity contribution in [1.82, 2.24) is 4.98 Å². The number of nitrogens with zero attached hydrogens (tertiary/aromatic N) is 1. The lowest BCUT2D eigenvalue weighted by molar-refractivity contribution is 1.32. The Morgan fingerprint density at radius 1 is 0.652 bits per heavy atom. The zero-order valence-corrected chi connectivity index (χ0v) is 14.7. The molecule has 6 heteroatoms. The minimum absolute atomic E-state index is 0.449. The number of anilines is 1. The molecule has 0 radical (unpaired) electrons. The maximum Gasteiger partial charge on any atom is 0.0939 e. The number of nitrogen functional groups attached to an aromatic ring is 1. The van der Waals surface area contributed by atoms with Crippen molar-refractivity contribution in [3.05, 3.63) is 68.6 Å². The van der Waals surface area contributed by atoms with E-state index in [-0.39, 0.29) is 0 Å². The van der Waals surface area contributed by atoms with Crippen LogP contribution < -0.4 is 5.73 Å². The van der Waals surface area contributed by atoms with Gasteiger partial charge in [0.05, 0.1) is 37.2 Å². The van der Waals surface area contributed by atoms with E-state index < -0.39 is 0 Å². The molecular weight excluding hydrogens is 374 g/mol. The van der Waals surface area contributed by atoms with Gasteiger partial charge in [0.1, 0.15) is 0 Å². The summed E-state index contributed by atoms with van der Waals surface area (Å²) in [6.07, 6.45) is 0. The van der Waals surface area contributed by atoms with E-state index in [1.54, 1.807) is 30.3 Å². The van der Waals surface area contributed by atoms with Crippen molar-refractivity contribution in [2.24, 2.45) is 0 Å². The molecule has 0 aliphatic rings. The van der Waals surface area contributed by atoms with E-state index in [2.05, 4.69) is 4.98 Å². The molecule has 0 saturated carbocycles. The molecule has 2 aromatic carbocycles. The minimum atomic E-state index is 0.449. The largest absolute Gasteiger partial charge is 0.397 e. The smallest absolute Gasteiger partial charge is 0.0939 e. The highest BCUT2D eigenvalue weighted by Gasteiger charge is 2.10. The van der Waals surface area contributed by atoms with Crippen LogP contribution in [0.3, 0.4) is 0 Å². The first-order chi connectivity index (χ1) is 11.0. The van der Waals surface area contributed by atoms with Gasteiger partial charge in [0.25, 0.3) is 0 Å². The van der Waals surface area contributed by atoms with E-state index >= 15 is 0 Å². The summed E-state index contributed by atoms with van der Waals surface area (Å²) in [6, 6.07) is 14.2. The zero-order chi connectivity index (χ0) is 16.6. The average molecular weight is 384 g/mol. The molecule has 0 unspecified atom stereocenters. The van der Waals surface area contributed by atoms with Crippen LogP contribution in [0.5, 0.6) is 0 Å². The van der Waals surface area contributed by atoms with Gasteiger partial charge in [-0.15, -0.1) is 0 Å². The van der Waals surface area contributed by atoms with Gasteiger partial charge >= 0.3 is 0 Å². The molecular formula is C17H10Cl4N2. The molecule has 0 spiro atoms. The molecule has 0 atom stereocenters. The fourth-order valence-corrected chi connectivity index (χ4v) is 2.76. The number of hydrogen-bond donors (Lipinski definition) is 1. The zero-order valence-electron chi connectivity index (χ0n) is 11.7. The number of benzene rings is 2. The van der Waals surface area contributed by atoms with Crippen LogP contribution >= 0.6 is 46.4 Å². The van der Waals surface area contributed by atoms with Crippen LogP contribution in [0.25, 0.3) is 22.5 Å². The van der Waals surface area contributed by atoms with Crippen LogP contribution in [0.4, 0.5) is 5.69 Å². The lowest BCUT2D eigenvalue weighted by atomic mass is 10.1. The molecule has 1 aromatic heterocycles. The van der Waals surface area contributed by atoms with Gasteiger partial charge in [0, 0.05) is 11.1 Å². The lowest BCUT2D eigenvalue weighted by Gasteiger charge is -2.10. The summed E-state index contributed by atoms with van der Waals surface area (Å²) in [4.78, 5) is 4.63. The quantitative estimate of drug-likeness (QED) is 0.540. The van der Waals surface area contributed by atoms with Gasteiger partial charge in [-0.25, -0.2) is 4.98 Å². The molecule has 23 heavy (non-hydrogen) atoms. The monoisotopic (exact) mass is 382 g/mol. The second-order valence-corrected chi connectivity index (χ2v) is 6.52. The summed E-state index contributed by atoms with van der Waals surface area (Å²) in [5.74, 6) is 0. The van der Waals surface area contributed by atoms with Gasteiger partial charge in [-0.1, -0.05) is 58.5 Å². The van der Waals surface area contributed by atoms with Crippen molar-refractivity contribution in [2.75, 3.05) is 5.73 Å². The number of pyridine rings is 1. The Kier molecular flexibility index (Phi) is 4.69. The van der Waals surface area contributed by atoms with Crippen LogP contribution in [0.2, 0.25) is 20.1 Å². The van der Waals surface area contributed by atoms with Gasteiger partial charge in [0.2, 0.25) is 0 Å². The van der Waals surface area contributed by atoms with E-state index in [9.17, 15) is 0 Å². The van der Waals surface area contributed by atoms with E-state index in [0.29, 0.717) is 31.5 Å². The molecule has 2 nitrogen and oxygen atoms in total. The standard InChI is InChI=1S/C17H10Cl4N2/c18-11-3-1-9(7-13(11)20)16-6-5-15(22)17(23-16)10-2-4-12(19)14(21)8-10/h1-8H,22H2. The normalized spacial score (nSPS) is 10.8. The lowest BCUT2D eigenvalue weighted by Crippen LogP contribution is -1.95. The Hall–Kier alpha value is -1.45. The number of halogens is 4. The summed E-state index contributed by atoms with van der Waals surface area (Å²) in [5, 5.41) is 1.90. The third-order valence-electron chi connectivity index (χ3n) is 3.33. The Labute approximate surface area is 153 Å². The van der Waals surface area contributed by atoms with E-state index in [1.165, 1.54) is 0 Å². The second kappa shape index (κ2) is 6.58. The summed E-state index contributed by atoms with van der Waals surface area (Å²) in [5.41, 5.74) is 9.61. The van der Waals surface area contributed by atoms with Crippen molar-refractivity contribution in [3.8, 4) is 22.5 Å². The Morgan fingerprint density at radius 3 is 1.83 bits per heavy atom. The topological polar surface area (TPSA) is 38.9 Å². The summed E-state index contributed by atoms with van der Waals surface area (Å²) in [7, 11) is 0. The molecule has 116 valence electrons. The predicted molar refractivity (Wildman–Crippen MR) is 99.6 cm³/mol. The first-order valence-corrected chi connectivity index (χ1v) is 8.14. The molecule has 3 aromatic rings. The predicted octanol–water partition coefficient (Wildman–Crippen LogP) is 6.61. The Morgan fingerprint density at radius 2 is 1.22 bits per heavy atom. The van der Waals surface area contributed by atoms with E-state index in [4.69, 9.17) is 52.1 Å². The summed E-state index contributed by atoms with van der Waals surface area (Å²) >= 11 is 24.1. The summed E-state index contributed by atoms with van der Waals surface area (Å²) in [6.45, 7) is 0. The van der Waals surface area contributed by atoms with Crippen LogP contribution in [-0.4, -0.2) is 4.98 Å². The van der Waals surface area contributed by atoms with Gasteiger partial charge in [-0.2, -0.15) is 0 Å². The first-order valence-electron chi connectivity index (χ1n) is 6.63. The van der Waals surface area contributed by atoms with E-state index in [0.717, 1.165) is 16.8 Å². The second-order valence-electron chi connectivity index (χ2n) is 4.89. The number of hydrogen-bond acceptors (Lipinski definition) is 2. The number of rotatable bonds is 2. The van der Waals surface area contributed by atoms with Crippen LogP contribution in [-0.2, 0) is 0 Å². The molecule has 0 saturated heterocycles. The van der Waals surface area contributed by atoms with Crippen molar-refractivity contribution < 1.29 is 0 Å². The molecule has 2 N–H and O–H groups in total. The molecule has 0 aliphatic carbocycles. The summed E-state index contributed by atoms with van der Waals surface area (Å²) < 4.78 is 0. The maximum atomic E-state index is 6.08. The maximum absolute atomic E-state index is 6.08. The third kappa shape index (κ3) is 3.41. The van der Waals surface area contributed by atoms with Gasteiger partial charge in [0.15, 0.2) is 0 Å². The van der Waals surface area contributed by atoms with E-state index in [1.807, 2.05) is 18.2 Å². The van der Waals surface area contributed by atoms with Crippen molar-refractivity contribution in [2.45, 2.75) is 0 Å². The number of nitrogens with two attached hydrogens (primary N) is 1. The van der Waals surface area contributed by atoms with Crippen LogP contribution in [0.1, 0.15) is 0 Å². The Balaban J connectivity index is 2.11. The van der Waals surface area contributed by atoms with Crippen molar-refractivity contribution in [3.63, 3.8) is 0 Å². The van der Waals surface area contributed by atoms with Gasteiger partial charge < -0.3 is 5.73 Å². The Bertz CT molecular complexity index is 894. The van der Waals surface area contributed by atoms with Crippen LogP contribution in [0, 0.1) is 0 Å². The van der Waals surface area contributed by atoms with Crippen molar-refractivity contribution >= 4 is 52.1 Å². The first kappa shape index (κ1) is 16.4. The number of aromatic nitrogens is 1. The van der Waals surface area contributed by atoms with Crippen LogP contribution in [0.15, 0.2) is 48.5 Å². The molecule has 0 aliphatic heterocycles. The highest BCUT2D eigenvalue weighted by Crippen LogP contribution is 2.33. The average Bonchev–Trinajstić information content (AvgIpc) is 2.53. The molecule has 3 rings (SSSR count). The van der Waals surface area contributed by atoms with Crippen molar-refractivity contribution in [1.29, 1.82) is 0 Å². The van der Waals surface area contributed by atoms with Gasteiger partial charge in [-0.05, 0) is 36.4 Å².